The summed E-state index contributed by atoms with van der Waals surface area (Å²) >= 11 is 0. The molecule has 0 radical (unpaired) electrons. The number of nitrogens with one attached hydrogen (secondary N) is 2. The summed E-state index contributed by atoms with van der Waals surface area (Å²) in [5.41, 5.74) is 9.06. The molecule has 0 bridgehead atoms. The highest BCUT2D eigenvalue weighted by atomic mass is 16.2. The van der Waals surface area contributed by atoms with Crippen molar-refractivity contribution in [1.29, 1.82) is 0 Å². The molecule has 5 nitrogen and oxygen atoms in total. The molecule has 1 aromatic heterocycles. The largest absolute Gasteiger partial charge is 0.359 e. The first kappa shape index (κ1) is 16.0. The molecular weight excluding hydrogens is 288 g/mol. The number of amides is 1. The summed E-state index contributed by atoms with van der Waals surface area (Å²) in [6.45, 7) is 11.6. The molecule has 2 heterocycles. The van der Waals surface area contributed by atoms with E-state index in [-0.39, 0.29) is 5.91 Å². The normalized spacial score (nSPS) is 19.6. The maximum atomic E-state index is 12.1. The van der Waals surface area contributed by atoms with E-state index in [1.165, 1.54) is 16.8 Å². The fourth-order valence-corrected chi connectivity index (χ4v) is 3.17. The summed E-state index contributed by atoms with van der Waals surface area (Å²) in [6.07, 6.45) is 4.26. The highest BCUT2D eigenvalue weighted by Crippen LogP contribution is 2.35. The Morgan fingerprint density at radius 1 is 1.26 bits per heavy atom. The predicted octanol–water partition coefficient (Wildman–Crippen LogP) is 2.75. The lowest BCUT2D eigenvalue weighted by Gasteiger charge is -2.18. The van der Waals surface area contributed by atoms with Crippen LogP contribution in [0.15, 0.2) is 10.7 Å². The van der Waals surface area contributed by atoms with Crippen molar-refractivity contribution < 1.29 is 4.79 Å². The molecule has 3 rings (SSSR count). The Hall–Kier alpha value is -1.88. The van der Waals surface area contributed by atoms with Crippen molar-refractivity contribution in [3.8, 4) is 0 Å². The number of carbonyl (C=O) groups is 1. The van der Waals surface area contributed by atoms with Gasteiger partial charge in [0, 0.05) is 23.9 Å². The number of aromatic nitrogens is 1. The standard InChI is InChI=1S/C18H26N4O/c1-5-22(6-2)10-15-11(3)16(19-12(15)4)9-14-17(13-7-8-13)20-21-18(14)23/h9,13,19H,5-8,10H2,1-4H3,(H,21,23). The fraction of sp³-hybridized carbons (Fsp3) is 0.556. The Morgan fingerprint density at radius 3 is 2.57 bits per heavy atom. The third-order valence-electron chi connectivity index (χ3n) is 4.96. The van der Waals surface area contributed by atoms with Crippen LogP contribution < -0.4 is 5.43 Å². The predicted molar refractivity (Wildman–Crippen MR) is 93.2 cm³/mol. The van der Waals surface area contributed by atoms with E-state index < -0.39 is 0 Å². The topological polar surface area (TPSA) is 60.5 Å². The first-order valence-corrected chi connectivity index (χ1v) is 8.55. The molecular formula is C18H26N4O. The van der Waals surface area contributed by atoms with Gasteiger partial charge in [-0.2, -0.15) is 5.10 Å². The van der Waals surface area contributed by atoms with Gasteiger partial charge < -0.3 is 4.98 Å². The van der Waals surface area contributed by atoms with E-state index in [9.17, 15) is 4.79 Å². The van der Waals surface area contributed by atoms with Crippen LogP contribution in [0.5, 0.6) is 0 Å². The van der Waals surface area contributed by atoms with Gasteiger partial charge in [-0.05, 0) is 57.0 Å². The molecule has 2 aliphatic rings. The van der Waals surface area contributed by atoms with Gasteiger partial charge in [-0.3, -0.25) is 9.69 Å². The fourth-order valence-electron chi connectivity index (χ4n) is 3.17. The Morgan fingerprint density at radius 2 is 1.96 bits per heavy atom. The highest BCUT2D eigenvalue weighted by Gasteiger charge is 2.36. The van der Waals surface area contributed by atoms with E-state index in [1.54, 1.807) is 0 Å². The average Bonchev–Trinajstić information content (AvgIpc) is 3.27. The van der Waals surface area contributed by atoms with Crippen molar-refractivity contribution in [3.05, 3.63) is 28.1 Å². The Labute approximate surface area is 137 Å². The monoisotopic (exact) mass is 314 g/mol. The van der Waals surface area contributed by atoms with Gasteiger partial charge >= 0.3 is 0 Å². The minimum Gasteiger partial charge on any atom is -0.359 e. The number of hydrogen-bond acceptors (Lipinski definition) is 3. The summed E-state index contributed by atoms with van der Waals surface area (Å²) in [7, 11) is 0. The number of H-pyrrole nitrogens is 1. The van der Waals surface area contributed by atoms with Gasteiger partial charge in [0.05, 0.1) is 11.3 Å². The van der Waals surface area contributed by atoms with Gasteiger partial charge in [0.1, 0.15) is 0 Å². The summed E-state index contributed by atoms with van der Waals surface area (Å²) in [5, 5.41) is 4.22. The van der Waals surface area contributed by atoms with Crippen LogP contribution in [0.1, 0.15) is 49.2 Å². The maximum Gasteiger partial charge on any atom is 0.273 e. The summed E-state index contributed by atoms with van der Waals surface area (Å²) < 4.78 is 0. The molecule has 1 amide bonds. The molecule has 1 aliphatic carbocycles. The maximum absolute atomic E-state index is 12.1. The number of rotatable bonds is 6. The Balaban J connectivity index is 1.90. The van der Waals surface area contributed by atoms with Crippen LogP contribution in [-0.4, -0.2) is 34.6 Å². The van der Waals surface area contributed by atoms with Gasteiger partial charge in [0.25, 0.3) is 5.91 Å². The molecule has 0 unspecified atom stereocenters. The van der Waals surface area contributed by atoms with E-state index >= 15 is 0 Å². The van der Waals surface area contributed by atoms with Gasteiger partial charge in [-0.1, -0.05) is 13.8 Å². The summed E-state index contributed by atoms with van der Waals surface area (Å²) in [4.78, 5) is 17.9. The molecule has 1 aliphatic heterocycles. The molecule has 23 heavy (non-hydrogen) atoms. The minimum absolute atomic E-state index is 0.0798. The van der Waals surface area contributed by atoms with Crippen molar-refractivity contribution in [2.45, 2.75) is 47.1 Å². The number of carbonyl (C=O) groups excluding carboxylic acids is 1. The first-order valence-electron chi connectivity index (χ1n) is 8.55. The Kier molecular flexibility index (Phi) is 4.39. The molecule has 5 heteroatoms. The zero-order valence-electron chi connectivity index (χ0n) is 14.5. The molecule has 2 N–H and O–H groups in total. The third kappa shape index (κ3) is 3.11. The third-order valence-corrected chi connectivity index (χ3v) is 4.96. The second-order valence-electron chi connectivity index (χ2n) is 6.50. The van der Waals surface area contributed by atoms with E-state index in [4.69, 9.17) is 0 Å². The van der Waals surface area contributed by atoms with Crippen LogP contribution in [-0.2, 0) is 11.3 Å². The molecule has 1 aromatic rings. The van der Waals surface area contributed by atoms with E-state index in [0.717, 1.165) is 49.5 Å². The molecule has 1 saturated carbocycles. The van der Waals surface area contributed by atoms with Crippen LogP contribution in [0.25, 0.3) is 6.08 Å². The lowest BCUT2D eigenvalue weighted by atomic mass is 10.0. The Bertz CT molecular complexity index is 675. The zero-order valence-corrected chi connectivity index (χ0v) is 14.5. The van der Waals surface area contributed by atoms with Crippen molar-refractivity contribution in [1.82, 2.24) is 15.3 Å². The molecule has 0 atom stereocenters. The molecule has 124 valence electrons. The smallest absolute Gasteiger partial charge is 0.273 e. The SMILES string of the molecule is CCN(CC)Cc1c(C)[nH]c(C=C2C(=O)NN=C2C2CC2)c1C. The second kappa shape index (κ2) is 6.32. The van der Waals surface area contributed by atoms with Gasteiger partial charge in [-0.15, -0.1) is 0 Å². The van der Waals surface area contributed by atoms with E-state index in [0.29, 0.717) is 5.92 Å². The molecule has 0 saturated heterocycles. The van der Waals surface area contributed by atoms with E-state index in [2.05, 4.69) is 48.1 Å². The number of nitrogens with zero attached hydrogens (tertiary/aromatic N) is 2. The van der Waals surface area contributed by atoms with Gasteiger partial charge in [0.15, 0.2) is 0 Å². The highest BCUT2D eigenvalue weighted by molar-refractivity contribution is 6.28. The zero-order chi connectivity index (χ0) is 16.6. The first-order chi connectivity index (χ1) is 11.0. The summed E-state index contributed by atoms with van der Waals surface area (Å²) in [6, 6.07) is 0. The van der Waals surface area contributed by atoms with Crippen LogP contribution >= 0.6 is 0 Å². The second-order valence-corrected chi connectivity index (χ2v) is 6.50. The van der Waals surface area contributed by atoms with Gasteiger partial charge in [-0.25, -0.2) is 5.43 Å². The van der Waals surface area contributed by atoms with Crippen molar-refractivity contribution in [2.24, 2.45) is 11.0 Å². The van der Waals surface area contributed by atoms with Crippen LogP contribution in [0, 0.1) is 19.8 Å². The number of hydrogen-bond donors (Lipinski definition) is 2. The number of aryl methyl sites for hydroxylation is 1. The molecule has 1 fully saturated rings. The summed E-state index contributed by atoms with van der Waals surface area (Å²) in [5.74, 6) is 0.385. The number of hydrazone groups is 1. The molecule has 0 aromatic carbocycles. The van der Waals surface area contributed by atoms with Crippen molar-refractivity contribution in [2.75, 3.05) is 13.1 Å². The minimum atomic E-state index is -0.0798. The van der Waals surface area contributed by atoms with E-state index in [1.807, 2.05) is 6.08 Å². The molecule has 0 spiro atoms. The quantitative estimate of drug-likeness (QED) is 0.793. The van der Waals surface area contributed by atoms with Crippen LogP contribution in [0.4, 0.5) is 0 Å². The van der Waals surface area contributed by atoms with Gasteiger partial charge in [0.2, 0.25) is 0 Å². The van der Waals surface area contributed by atoms with Crippen molar-refractivity contribution >= 4 is 17.7 Å². The lowest BCUT2D eigenvalue weighted by Crippen LogP contribution is -2.22. The van der Waals surface area contributed by atoms with Crippen LogP contribution in [0.2, 0.25) is 0 Å². The van der Waals surface area contributed by atoms with Crippen LogP contribution in [0.3, 0.4) is 0 Å². The number of aromatic amines is 1. The van der Waals surface area contributed by atoms with Crippen molar-refractivity contribution in [3.63, 3.8) is 0 Å². The lowest BCUT2D eigenvalue weighted by molar-refractivity contribution is -0.116. The average molecular weight is 314 g/mol.